The van der Waals surface area contributed by atoms with Crippen LogP contribution < -0.4 is 43.8 Å². The first-order chi connectivity index (χ1) is 66.2. The number of aliphatic hydroxyl groups is 4. The maximum Gasteiger partial charge on any atom is 0.293 e. The molecule has 10 atom stereocenters. The summed E-state index contributed by atoms with van der Waals surface area (Å²) in [6, 6.07) is 53.3. The second-order valence-electron chi connectivity index (χ2n) is 38.1. The summed E-state index contributed by atoms with van der Waals surface area (Å²) in [4.78, 5) is 79.5. The van der Waals surface area contributed by atoms with Gasteiger partial charge in [-0.05, 0) is 179 Å². The van der Waals surface area contributed by atoms with Crippen LogP contribution in [0.1, 0.15) is 126 Å². The van der Waals surface area contributed by atoms with Gasteiger partial charge in [0.25, 0.3) is 30.1 Å². The number of amides is 4. The molecule has 11 aliphatic rings. The van der Waals surface area contributed by atoms with E-state index in [0.717, 1.165) is 84.6 Å². The van der Waals surface area contributed by atoms with Gasteiger partial charge in [0.1, 0.15) is 115 Å². The molecule has 4 amide bonds. The van der Waals surface area contributed by atoms with Crippen molar-refractivity contribution < 1.29 is 101 Å². The van der Waals surface area contributed by atoms with Crippen molar-refractivity contribution in [2.24, 2.45) is 0 Å². The van der Waals surface area contributed by atoms with Crippen molar-refractivity contribution in [2.75, 3.05) is 177 Å². The van der Waals surface area contributed by atoms with Gasteiger partial charge in [-0.3, -0.25) is 43.6 Å². The van der Waals surface area contributed by atoms with E-state index in [1.165, 1.54) is 56.6 Å². The number of carbonyl (C=O) groups is 5. The largest absolute Gasteiger partial charge is 0.508 e. The number of alkyl halides is 3. The number of piperidine rings is 3. The van der Waals surface area contributed by atoms with Crippen molar-refractivity contribution in [3.63, 3.8) is 0 Å². The van der Waals surface area contributed by atoms with Crippen molar-refractivity contribution in [3.05, 3.63) is 237 Å². The van der Waals surface area contributed by atoms with Crippen LogP contribution >= 0.6 is 0 Å². The number of aromatic hydroxyl groups is 1. The number of aliphatic hydroxyl groups excluding tert-OH is 4. The molecule has 32 heteroatoms. The number of hydrogen-bond donors (Lipinski definition) is 7. The molecule has 8 aromatic carbocycles. The van der Waals surface area contributed by atoms with Crippen molar-refractivity contribution in [2.45, 2.75) is 159 Å². The Kier molecular flexibility index (Phi) is 35.1. The molecule has 0 aromatic heterocycles. The number of phenolic OH excluding ortho intramolecular Hbond substituents is 1. The minimum absolute atomic E-state index is 0.0698. The zero-order valence-electron chi connectivity index (χ0n) is 78.9. The zero-order valence-corrected chi connectivity index (χ0v) is 78.9. The number of rotatable bonds is 23. The van der Waals surface area contributed by atoms with E-state index in [9.17, 15) is 62.7 Å². The van der Waals surface area contributed by atoms with Crippen LogP contribution in [0, 0.1) is 0 Å². The summed E-state index contributed by atoms with van der Waals surface area (Å²) in [6.45, 7) is 21.9. The number of nitrogens with one attached hydrogen (secondary N) is 2. The Hall–Kier alpha value is -11.1. The van der Waals surface area contributed by atoms with E-state index in [0.29, 0.717) is 187 Å². The number of hydrogen-bond acceptors (Lipinski definition) is 25. The Morgan fingerprint density at radius 3 is 0.964 bits per heavy atom. The summed E-state index contributed by atoms with van der Waals surface area (Å²) < 4.78 is 87.9. The fraction of sp³-hybridized carbons (Fsp3) is 0.495. The van der Waals surface area contributed by atoms with Crippen LogP contribution in [0.4, 0.5) is 13.2 Å². The number of phenols is 1. The van der Waals surface area contributed by atoms with E-state index in [1.807, 2.05) is 57.0 Å². The number of β-amino-alcohol motifs (C(OH)–C–C–N with tert-alkyl or cyclic N) is 4. The summed E-state index contributed by atoms with van der Waals surface area (Å²) in [7, 11) is 1.90. The molecule has 8 aromatic rings. The Balaban J connectivity index is 0.000000136. The van der Waals surface area contributed by atoms with Gasteiger partial charge in [-0.25, -0.2) is 13.2 Å². The van der Waals surface area contributed by atoms with Gasteiger partial charge in [-0.1, -0.05) is 97.1 Å². The lowest BCUT2D eigenvalue weighted by atomic mass is 10.00. The highest BCUT2D eigenvalue weighted by Gasteiger charge is 2.37. The third kappa shape index (κ3) is 27.9. The number of likely N-dealkylation sites (tertiary alicyclic amines) is 1. The van der Waals surface area contributed by atoms with Gasteiger partial charge in [0.2, 0.25) is 0 Å². The highest BCUT2D eigenvalue weighted by molar-refractivity contribution is 5.99. The first-order valence-corrected chi connectivity index (χ1v) is 48.2. The normalized spacial score (nSPS) is 22.2. The molecule has 3 saturated heterocycles. The van der Waals surface area contributed by atoms with E-state index in [2.05, 4.69) is 108 Å². The molecule has 29 nitrogen and oxygen atoms in total. The van der Waals surface area contributed by atoms with Crippen LogP contribution in [0.2, 0.25) is 0 Å². The van der Waals surface area contributed by atoms with Crippen LogP contribution in [-0.2, 0) is 61.4 Å². The molecule has 0 aliphatic carbocycles. The third-order valence-electron chi connectivity index (χ3n) is 26.5. The monoisotopic (exact) mass is 1890 g/mol. The predicted octanol–water partition coefficient (Wildman–Crippen LogP) is 9.00. The van der Waals surface area contributed by atoms with Gasteiger partial charge in [-0.2, -0.15) is 0 Å². The molecule has 11 aliphatic heterocycles. The smallest absolute Gasteiger partial charge is 0.293 e. The van der Waals surface area contributed by atoms with Crippen molar-refractivity contribution in [1.29, 1.82) is 0 Å². The van der Waals surface area contributed by atoms with E-state index in [-0.39, 0.29) is 74.2 Å². The summed E-state index contributed by atoms with van der Waals surface area (Å²) >= 11 is 0. The molecule has 0 radical (unpaired) electrons. The first-order valence-electron chi connectivity index (χ1n) is 48.2. The van der Waals surface area contributed by atoms with Crippen molar-refractivity contribution in [3.8, 4) is 46.0 Å². The maximum absolute atomic E-state index is 14.4. The molecule has 0 bridgehead atoms. The lowest BCUT2D eigenvalue weighted by molar-refractivity contribution is -0.138. The Bertz CT molecular complexity index is 5210. The molecule has 0 saturated carbocycles. The van der Waals surface area contributed by atoms with Crippen molar-refractivity contribution in [1.82, 2.24) is 54.7 Å². The predicted molar refractivity (Wildman–Crippen MR) is 511 cm³/mol. The average Bonchev–Trinajstić information content (AvgIpc) is 1.73. The molecule has 6 unspecified atom stereocenters. The SMILES string of the molecule is CC(C)(C)OC=O.CN1CCC(Oc2ccc3c(c2)OCCN(C[C@H](O)CN2CCc4ccccc4C2)C3=O)C(F)C1.O=C1c2ccc(O)cc2OCCN1C[C@H](O)CN1CCc2ccccc2C1.O=C1c2ccc(OC3CCNCC3F)cc2OCCN1C[C@H](O)CN1CCc2ccccc2C1.O=C1c2ccc(OC3CCNCC3F)cc2OCCN1C[C@H](O)CN1CCc2ccccc2C1. The van der Waals surface area contributed by atoms with Crippen LogP contribution in [0.3, 0.4) is 0 Å². The lowest BCUT2D eigenvalue weighted by Gasteiger charge is -2.32. The van der Waals surface area contributed by atoms with Gasteiger partial charge in [0.15, 0.2) is 0 Å². The topological polar surface area (TPSA) is 314 Å². The number of nitrogens with zero attached hydrogens (tertiary/aromatic N) is 9. The van der Waals surface area contributed by atoms with E-state index < -0.39 is 61.2 Å². The molecule has 7 N–H and O–H groups in total. The van der Waals surface area contributed by atoms with E-state index >= 15 is 0 Å². The number of carbonyl (C=O) groups excluding carboxylic acids is 5. The summed E-state index contributed by atoms with van der Waals surface area (Å²) in [6.07, 6.45) is -1.61. The second kappa shape index (κ2) is 48.0. The Morgan fingerprint density at radius 2 is 0.679 bits per heavy atom. The molecule has 137 heavy (non-hydrogen) atoms. The first kappa shape index (κ1) is 100. The van der Waals surface area contributed by atoms with E-state index in [1.54, 1.807) is 80.3 Å². The van der Waals surface area contributed by atoms with E-state index in [4.69, 9.17) is 33.2 Å². The van der Waals surface area contributed by atoms with Crippen LogP contribution in [0.15, 0.2) is 170 Å². The van der Waals surface area contributed by atoms with Crippen molar-refractivity contribution >= 4 is 30.1 Å². The minimum atomic E-state index is -1.07. The number of halogens is 3. The molecule has 19 rings (SSSR count). The van der Waals surface area contributed by atoms with Crippen LogP contribution in [0.25, 0.3) is 0 Å². The van der Waals surface area contributed by atoms with Gasteiger partial charge in [-0.15, -0.1) is 0 Å². The maximum atomic E-state index is 14.4. The molecular formula is C105H132F3N11O18. The second-order valence-corrected chi connectivity index (χ2v) is 38.1. The molecule has 3 fully saturated rings. The molecular weight excluding hydrogens is 1760 g/mol. The van der Waals surface area contributed by atoms with Gasteiger partial charge in [0.05, 0.1) is 72.8 Å². The Morgan fingerprint density at radius 1 is 0.387 bits per heavy atom. The molecule has 736 valence electrons. The minimum Gasteiger partial charge on any atom is -0.508 e. The standard InChI is InChI=1S/C27H34FN3O4.2C26H32FN3O4.C21H24N2O4.C5H10O2/c1-29-10-9-25(24(28)18-29)35-22-6-7-23-26(14-22)34-13-12-31(27(23)33)17-21(32)16-30-11-8-19-4-2-3-5-20(19)15-30;2*27-23-14-28-9-7-24(23)34-21-5-6-22-25(13-21)33-12-11-30(26(22)32)17-20(31)16-29-10-8-18-3-1-2-4-19(18)15-29;24-17-5-6-19-20(11-17)27-10-9-23(21(19)26)14-18(25)13-22-8-7-15-3-1-2-4-16(15)12-22;1-5(2,3)7-4-6/h2-7,14,21,24-25,32H,8-13,15-18H2,1H3;2*1-6,13,20,23-24,28,31H,7-12,14-17H2;1-6,11,18,24-25H,7-10,12-14H2;4H,1-3H3/t21-,24?,25?;2*20-,23?,24?;18-;/m1111./s1. The summed E-state index contributed by atoms with van der Waals surface area (Å²) in [5.74, 6) is 2.60. The fourth-order valence-corrected chi connectivity index (χ4v) is 19.2. The average molecular weight is 1890 g/mol. The number of benzene rings is 8. The highest BCUT2D eigenvalue weighted by atomic mass is 19.1. The molecule has 0 spiro atoms. The highest BCUT2D eigenvalue weighted by Crippen LogP contribution is 2.36. The third-order valence-corrected chi connectivity index (χ3v) is 26.5. The van der Waals surface area contributed by atoms with Gasteiger partial charge >= 0.3 is 0 Å². The summed E-state index contributed by atoms with van der Waals surface area (Å²) in [5.41, 5.74) is 12.1. The molecule has 11 heterocycles. The Labute approximate surface area is 800 Å². The lowest BCUT2D eigenvalue weighted by Crippen LogP contribution is -2.45. The quantitative estimate of drug-likeness (QED) is 0.0294. The fourth-order valence-electron chi connectivity index (χ4n) is 19.2. The number of ether oxygens (including phenoxy) is 8. The zero-order chi connectivity index (χ0) is 96.1. The number of fused-ring (bicyclic) bond motifs is 8. The van der Waals surface area contributed by atoms with Gasteiger partial charge < -0.3 is 98.6 Å². The summed E-state index contributed by atoms with van der Waals surface area (Å²) in [5, 5.41) is 58.5. The van der Waals surface area contributed by atoms with Gasteiger partial charge in [0, 0.05) is 155 Å². The van der Waals surface area contributed by atoms with Crippen LogP contribution in [-0.4, -0.2) is 344 Å². The van der Waals surface area contributed by atoms with Crippen LogP contribution in [0.5, 0.6) is 46.0 Å².